The van der Waals surface area contributed by atoms with Gasteiger partial charge in [-0.3, -0.25) is 4.99 Å². The largest absolute Gasteiger partial charge is 0.357 e. The Morgan fingerprint density at radius 1 is 1.27 bits per heavy atom. The molecule has 0 amide bonds. The first kappa shape index (κ1) is 20.0. The highest BCUT2D eigenvalue weighted by Crippen LogP contribution is 2.51. The van der Waals surface area contributed by atoms with E-state index in [4.69, 9.17) is 4.99 Å². The molecule has 0 radical (unpaired) electrons. The Balaban J connectivity index is 0.00000242. The van der Waals surface area contributed by atoms with Crippen molar-refractivity contribution in [2.75, 3.05) is 26.2 Å². The zero-order chi connectivity index (χ0) is 15.5. The quantitative estimate of drug-likeness (QED) is 0.407. The number of rotatable bonds is 5. The minimum absolute atomic E-state index is 0. The molecule has 130 valence electrons. The summed E-state index contributed by atoms with van der Waals surface area (Å²) in [5.41, 5.74) is 0.517. The number of nitrogens with zero attached hydrogens (tertiary/aromatic N) is 2. The molecule has 1 heterocycles. The lowest BCUT2D eigenvalue weighted by molar-refractivity contribution is 0.167. The van der Waals surface area contributed by atoms with Gasteiger partial charge in [-0.2, -0.15) is 0 Å². The second-order valence-electron chi connectivity index (χ2n) is 7.66. The van der Waals surface area contributed by atoms with Gasteiger partial charge in [-0.15, -0.1) is 24.0 Å². The molecule has 2 fully saturated rings. The third-order valence-electron chi connectivity index (χ3n) is 5.13. The van der Waals surface area contributed by atoms with Gasteiger partial charge in [-0.25, -0.2) is 0 Å². The second-order valence-corrected chi connectivity index (χ2v) is 7.66. The molecule has 0 aromatic carbocycles. The molecule has 2 N–H and O–H groups in total. The highest BCUT2D eigenvalue weighted by atomic mass is 127. The Labute approximate surface area is 153 Å². The number of aliphatic imine (C=N–C) groups is 1. The number of guanidine groups is 1. The van der Waals surface area contributed by atoms with Crippen LogP contribution in [0.4, 0.5) is 0 Å². The van der Waals surface area contributed by atoms with E-state index in [9.17, 15) is 0 Å². The summed E-state index contributed by atoms with van der Waals surface area (Å²) in [6, 6.07) is 1.25. The fraction of sp³-hybridized carbons (Fsp3) is 0.941. The minimum atomic E-state index is 0. The number of likely N-dealkylation sites (tertiary alicyclic amines) is 1. The Morgan fingerprint density at radius 3 is 2.32 bits per heavy atom. The smallest absolute Gasteiger partial charge is 0.191 e. The Bertz CT molecular complexity index is 360. The minimum Gasteiger partial charge on any atom is -0.357 e. The molecule has 1 aliphatic heterocycles. The Hall–Kier alpha value is -0.0400. The zero-order valence-corrected chi connectivity index (χ0v) is 17.3. The molecule has 5 heteroatoms. The number of nitrogens with one attached hydrogen (secondary N) is 2. The summed E-state index contributed by atoms with van der Waals surface area (Å²) in [4.78, 5) is 7.36. The molecule has 0 aromatic heterocycles. The van der Waals surface area contributed by atoms with E-state index in [2.05, 4.69) is 50.2 Å². The lowest BCUT2D eigenvalue weighted by Gasteiger charge is -2.35. The van der Waals surface area contributed by atoms with Gasteiger partial charge in [-0.1, -0.05) is 13.8 Å². The molecule has 0 spiro atoms. The van der Waals surface area contributed by atoms with Crippen molar-refractivity contribution in [3.8, 4) is 0 Å². The van der Waals surface area contributed by atoms with Crippen LogP contribution in [0.25, 0.3) is 0 Å². The zero-order valence-electron chi connectivity index (χ0n) is 15.0. The maximum absolute atomic E-state index is 4.80. The molecule has 1 aliphatic carbocycles. The summed E-state index contributed by atoms with van der Waals surface area (Å²) in [5.74, 6) is 1.79. The molecule has 1 atom stereocenters. The van der Waals surface area contributed by atoms with E-state index in [0.29, 0.717) is 17.5 Å². The Morgan fingerprint density at radius 2 is 1.86 bits per heavy atom. The van der Waals surface area contributed by atoms with Gasteiger partial charge >= 0.3 is 0 Å². The van der Waals surface area contributed by atoms with E-state index in [0.717, 1.165) is 25.0 Å². The number of hydrogen-bond acceptors (Lipinski definition) is 2. The van der Waals surface area contributed by atoms with Gasteiger partial charge < -0.3 is 15.5 Å². The topological polar surface area (TPSA) is 39.7 Å². The summed E-state index contributed by atoms with van der Waals surface area (Å²) in [6.45, 7) is 15.7. The van der Waals surface area contributed by atoms with Gasteiger partial charge in [0.15, 0.2) is 5.96 Å². The van der Waals surface area contributed by atoms with Crippen LogP contribution in [0, 0.1) is 11.3 Å². The summed E-state index contributed by atoms with van der Waals surface area (Å²) < 4.78 is 0. The van der Waals surface area contributed by atoms with Gasteiger partial charge in [0.2, 0.25) is 0 Å². The van der Waals surface area contributed by atoms with E-state index in [1.165, 1.54) is 32.4 Å². The number of hydrogen-bond donors (Lipinski definition) is 2. The number of piperidine rings is 1. The molecule has 0 aromatic rings. The van der Waals surface area contributed by atoms with Crippen LogP contribution in [-0.2, 0) is 0 Å². The first-order valence-electron chi connectivity index (χ1n) is 8.71. The van der Waals surface area contributed by atoms with Gasteiger partial charge in [0.05, 0.1) is 0 Å². The molecule has 2 aliphatic rings. The van der Waals surface area contributed by atoms with Gasteiger partial charge in [0.25, 0.3) is 0 Å². The molecule has 1 saturated heterocycles. The van der Waals surface area contributed by atoms with Crippen molar-refractivity contribution in [2.45, 2.75) is 66.0 Å². The van der Waals surface area contributed by atoms with E-state index in [1.807, 2.05) is 0 Å². The van der Waals surface area contributed by atoms with Crippen molar-refractivity contribution in [3.63, 3.8) is 0 Å². The summed E-state index contributed by atoms with van der Waals surface area (Å²) in [6.07, 6.45) is 3.76. The fourth-order valence-electron chi connectivity index (χ4n) is 3.16. The van der Waals surface area contributed by atoms with E-state index < -0.39 is 0 Å². The SMILES string of the molecule is CCNC(=NCC1CC1(C)C)NC1CCN(C(C)C)CC1.I. The molecule has 2 rings (SSSR count). The summed E-state index contributed by atoms with van der Waals surface area (Å²) in [7, 11) is 0. The highest BCUT2D eigenvalue weighted by molar-refractivity contribution is 14.0. The van der Waals surface area contributed by atoms with E-state index in [1.54, 1.807) is 0 Å². The van der Waals surface area contributed by atoms with Crippen molar-refractivity contribution in [3.05, 3.63) is 0 Å². The van der Waals surface area contributed by atoms with Crippen molar-refractivity contribution in [2.24, 2.45) is 16.3 Å². The third-order valence-corrected chi connectivity index (χ3v) is 5.13. The van der Waals surface area contributed by atoms with Crippen LogP contribution >= 0.6 is 24.0 Å². The van der Waals surface area contributed by atoms with E-state index in [-0.39, 0.29) is 24.0 Å². The van der Waals surface area contributed by atoms with E-state index >= 15 is 0 Å². The third kappa shape index (κ3) is 5.87. The second kappa shape index (κ2) is 8.71. The van der Waals surface area contributed by atoms with Crippen LogP contribution in [0.5, 0.6) is 0 Å². The molecule has 4 nitrogen and oxygen atoms in total. The van der Waals surface area contributed by atoms with Gasteiger partial charge in [-0.05, 0) is 51.4 Å². The summed E-state index contributed by atoms with van der Waals surface area (Å²) >= 11 is 0. The molecule has 1 saturated carbocycles. The normalized spacial score (nSPS) is 25.7. The molecular weight excluding hydrogens is 387 g/mol. The van der Waals surface area contributed by atoms with Crippen molar-refractivity contribution < 1.29 is 0 Å². The first-order chi connectivity index (χ1) is 9.92. The monoisotopic (exact) mass is 422 g/mol. The molecule has 0 bridgehead atoms. The lowest BCUT2D eigenvalue weighted by atomic mass is 10.0. The maximum atomic E-state index is 4.80. The average molecular weight is 422 g/mol. The van der Waals surface area contributed by atoms with Crippen LogP contribution in [-0.4, -0.2) is 49.1 Å². The molecular formula is C17H35IN4. The maximum Gasteiger partial charge on any atom is 0.191 e. The Kier molecular flexibility index (Phi) is 7.92. The van der Waals surface area contributed by atoms with Crippen molar-refractivity contribution in [1.29, 1.82) is 0 Å². The number of halogens is 1. The van der Waals surface area contributed by atoms with Crippen LogP contribution in [0.1, 0.15) is 53.9 Å². The van der Waals surface area contributed by atoms with Gasteiger partial charge in [0, 0.05) is 38.3 Å². The van der Waals surface area contributed by atoms with Crippen LogP contribution in [0.2, 0.25) is 0 Å². The van der Waals surface area contributed by atoms with Crippen LogP contribution < -0.4 is 10.6 Å². The van der Waals surface area contributed by atoms with Crippen molar-refractivity contribution >= 4 is 29.9 Å². The van der Waals surface area contributed by atoms with Crippen LogP contribution in [0.3, 0.4) is 0 Å². The molecule has 1 unspecified atom stereocenters. The fourth-order valence-corrected chi connectivity index (χ4v) is 3.16. The summed E-state index contributed by atoms with van der Waals surface area (Å²) in [5, 5.41) is 7.04. The lowest BCUT2D eigenvalue weighted by Crippen LogP contribution is -2.49. The average Bonchev–Trinajstić information content (AvgIpc) is 3.04. The standard InChI is InChI=1S/C17H34N4.HI/c1-6-18-16(19-12-14-11-17(14,4)5)20-15-7-9-21(10-8-15)13(2)3;/h13-15H,6-12H2,1-5H3,(H2,18,19,20);1H. The first-order valence-corrected chi connectivity index (χ1v) is 8.71. The highest BCUT2D eigenvalue weighted by Gasteiger charge is 2.45. The predicted molar refractivity (Wildman–Crippen MR) is 106 cm³/mol. The van der Waals surface area contributed by atoms with Gasteiger partial charge in [0.1, 0.15) is 0 Å². The van der Waals surface area contributed by atoms with Crippen LogP contribution in [0.15, 0.2) is 4.99 Å². The van der Waals surface area contributed by atoms with Crippen molar-refractivity contribution in [1.82, 2.24) is 15.5 Å². The predicted octanol–water partition coefficient (Wildman–Crippen LogP) is 3.08. The molecule has 22 heavy (non-hydrogen) atoms.